The zero-order valence-electron chi connectivity index (χ0n) is 10.9. The van der Waals surface area contributed by atoms with Crippen molar-refractivity contribution in [2.45, 2.75) is 11.4 Å². The summed E-state index contributed by atoms with van der Waals surface area (Å²) in [4.78, 5) is 6.08. The summed E-state index contributed by atoms with van der Waals surface area (Å²) in [5, 5.41) is 0. The minimum Gasteiger partial charge on any atom is -0.347 e. The van der Waals surface area contributed by atoms with Crippen LogP contribution in [0.4, 0.5) is 4.39 Å². The zero-order valence-corrected chi connectivity index (χ0v) is 11.7. The van der Waals surface area contributed by atoms with Crippen molar-refractivity contribution in [1.29, 1.82) is 0 Å². The van der Waals surface area contributed by atoms with Crippen LogP contribution < -0.4 is 10.5 Å². The zero-order chi connectivity index (χ0) is 15.3. The number of benzene rings is 1. The number of nitrogens with one attached hydrogen (secondary N) is 2. The molecule has 0 fully saturated rings. The van der Waals surface area contributed by atoms with E-state index >= 15 is 0 Å². The van der Waals surface area contributed by atoms with Crippen molar-refractivity contribution >= 4 is 10.0 Å². The molecule has 0 bridgehead atoms. The van der Waals surface area contributed by atoms with Gasteiger partial charge in [-0.15, -0.1) is 0 Å². The molecule has 6 nitrogen and oxygen atoms in total. The lowest BCUT2D eigenvalue weighted by atomic mass is 10.2. The number of nitrogens with zero attached hydrogens (tertiary/aromatic N) is 1. The highest BCUT2D eigenvalue weighted by Gasteiger charge is 2.19. The lowest BCUT2D eigenvalue weighted by molar-refractivity contribution is 0.556. The number of rotatable bonds is 4. The van der Waals surface area contributed by atoms with E-state index in [0.29, 0.717) is 11.3 Å². The molecule has 8 heteroatoms. The molecule has 110 valence electrons. The Kier molecular flexibility index (Phi) is 4.70. The van der Waals surface area contributed by atoms with E-state index in [9.17, 15) is 12.8 Å². The van der Waals surface area contributed by atoms with Gasteiger partial charge in [-0.25, -0.2) is 22.5 Å². The molecule has 1 aromatic heterocycles. The van der Waals surface area contributed by atoms with Gasteiger partial charge in [0.25, 0.3) is 0 Å². The number of aromatic amines is 1. The van der Waals surface area contributed by atoms with Crippen molar-refractivity contribution < 1.29 is 12.8 Å². The van der Waals surface area contributed by atoms with Gasteiger partial charge in [0, 0.05) is 17.5 Å². The van der Waals surface area contributed by atoms with E-state index in [2.05, 4.69) is 26.5 Å². The Hall–Kier alpha value is -2.21. The fourth-order valence-electron chi connectivity index (χ4n) is 1.58. The van der Waals surface area contributed by atoms with Gasteiger partial charge in [-0.05, 0) is 18.2 Å². The van der Waals surface area contributed by atoms with Crippen molar-refractivity contribution in [3.05, 3.63) is 47.8 Å². The van der Waals surface area contributed by atoms with E-state index in [4.69, 9.17) is 5.73 Å². The molecule has 0 saturated carbocycles. The van der Waals surface area contributed by atoms with E-state index < -0.39 is 20.7 Å². The van der Waals surface area contributed by atoms with Crippen molar-refractivity contribution in [3.63, 3.8) is 0 Å². The van der Waals surface area contributed by atoms with Crippen LogP contribution in [0.2, 0.25) is 0 Å². The molecule has 0 unspecified atom stereocenters. The van der Waals surface area contributed by atoms with Gasteiger partial charge in [0.05, 0.1) is 19.4 Å². The first-order valence-electron chi connectivity index (χ1n) is 5.98. The Labute approximate surface area is 121 Å². The van der Waals surface area contributed by atoms with Gasteiger partial charge in [0.1, 0.15) is 10.7 Å². The average Bonchev–Trinajstić information content (AvgIpc) is 2.96. The molecule has 0 spiro atoms. The molecule has 1 heterocycles. The summed E-state index contributed by atoms with van der Waals surface area (Å²) in [6.07, 6.45) is 2.90. The molecule has 0 aliphatic carbocycles. The molecule has 21 heavy (non-hydrogen) atoms. The molecule has 0 aliphatic rings. The highest BCUT2D eigenvalue weighted by molar-refractivity contribution is 7.89. The van der Waals surface area contributed by atoms with Crippen LogP contribution in [0.1, 0.15) is 11.3 Å². The lowest BCUT2D eigenvalue weighted by Gasteiger charge is -2.07. The quantitative estimate of drug-likeness (QED) is 0.709. The maximum Gasteiger partial charge on any atom is 0.243 e. The normalized spacial score (nSPS) is 11.0. The predicted molar refractivity (Wildman–Crippen MR) is 74.9 cm³/mol. The first-order chi connectivity index (χ1) is 10.0. The Morgan fingerprint density at radius 1 is 1.43 bits per heavy atom. The summed E-state index contributed by atoms with van der Waals surface area (Å²) < 4.78 is 40.3. The molecule has 0 amide bonds. The topological polar surface area (TPSA) is 101 Å². The number of halogens is 1. The molecular weight excluding hydrogens is 295 g/mol. The first kappa shape index (κ1) is 15.2. The second-order valence-electron chi connectivity index (χ2n) is 4.05. The van der Waals surface area contributed by atoms with Gasteiger partial charge >= 0.3 is 0 Å². The molecule has 1 aromatic carbocycles. The molecule has 0 aliphatic heterocycles. The van der Waals surface area contributed by atoms with Gasteiger partial charge < -0.3 is 10.7 Å². The van der Waals surface area contributed by atoms with Crippen LogP contribution in [0.5, 0.6) is 0 Å². The van der Waals surface area contributed by atoms with E-state index in [1.165, 1.54) is 24.7 Å². The number of nitrogens with two attached hydrogens (primary N) is 1. The molecule has 2 aromatic rings. The minimum absolute atomic E-state index is 0.00347. The van der Waals surface area contributed by atoms with Crippen LogP contribution in [-0.4, -0.2) is 24.9 Å². The van der Waals surface area contributed by atoms with Crippen molar-refractivity contribution in [1.82, 2.24) is 14.7 Å². The summed E-state index contributed by atoms with van der Waals surface area (Å²) in [5.41, 5.74) is 6.16. The Morgan fingerprint density at radius 3 is 2.86 bits per heavy atom. The van der Waals surface area contributed by atoms with Crippen molar-refractivity contribution in [2.75, 3.05) is 6.54 Å². The summed E-state index contributed by atoms with van der Waals surface area (Å²) >= 11 is 0. The maximum absolute atomic E-state index is 13.9. The number of hydrogen-bond acceptors (Lipinski definition) is 4. The molecule has 4 N–H and O–H groups in total. The maximum atomic E-state index is 13.9. The van der Waals surface area contributed by atoms with Crippen LogP contribution in [0, 0.1) is 17.7 Å². The third-order valence-electron chi connectivity index (χ3n) is 2.56. The molecule has 2 rings (SSSR count). The summed E-state index contributed by atoms with van der Waals surface area (Å²) in [6.45, 7) is 0.143. The standard InChI is InChI=1S/C13H13FN4O2S/c14-12-6-10(2-1-5-15)3-4-13(12)21(19,20)18-8-11-7-16-9-17-11/h3-4,6-7,9,18H,5,8,15H2,(H,16,17). The van der Waals surface area contributed by atoms with Crippen LogP contribution in [0.15, 0.2) is 35.6 Å². The monoisotopic (exact) mass is 308 g/mol. The predicted octanol–water partition coefficient (Wildman–Crippen LogP) is 0.338. The summed E-state index contributed by atoms with van der Waals surface area (Å²) in [5.74, 6) is 4.34. The minimum atomic E-state index is -3.95. The van der Waals surface area contributed by atoms with Gasteiger partial charge in [0.15, 0.2) is 0 Å². The number of sulfonamides is 1. The van der Waals surface area contributed by atoms with Crippen LogP contribution in [-0.2, 0) is 16.6 Å². The highest BCUT2D eigenvalue weighted by atomic mass is 32.2. The number of aromatic nitrogens is 2. The highest BCUT2D eigenvalue weighted by Crippen LogP contribution is 2.16. The van der Waals surface area contributed by atoms with Crippen LogP contribution in [0.25, 0.3) is 0 Å². The second-order valence-corrected chi connectivity index (χ2v) is 5.79. The van der Waals surface area contributed by atoms with Crippen molar-refractivity contribution in [3.8, 4) is 11.8 Å². The van der Waals surface area contributed by atoms with Gasteiger partial charge in [-0.1, -0.05) is 11.8 Å². The molecule has 0 saturated heterocycles. The average molecular weight is 308 g/mol. The summed E-state index contributed by atoms with van der Waals surface area (Å²) in [7, 11) is -3.95. The van der Waals surface area contributed by atoms with Crippen LogP contribution >= 0.6 is 0 Å². The van der Waals surface area contributed by atoms with Gasteiger partial charge in [-0.2, -0.15) is 0 Å². The Morgan fingerprint density at radius 2 is 2.24 bits per heavy atom. The molecule has 0 radical (unpaired) electrons. The van der Waals surface area contributed by atoms with Gasteiger partial charge in [0.2, 0.25) is 10.0 Å². The largest absolute Gasteiger partial charge is 0.347 e. The molecular formula is C13H13FN4O2S. The molecule has 0 atom stereocenters. The van der Waals surface area contributed by atoms with E-state index in [0.717, 1.165) is 6.07 Å². The third kappa shape index (κ3) is 3.88. The Bertz CT molecular complexity index is 776. The number of imidazole rings is 1. The fraction of sp³-hybridized carbons (Fsp3) is 0.154. The van der Waals surface area contributed by atoms with E-state index in [1.54, 1.807) is 0 Å². The second kappa shape index (κ2) is 6.49. The van der Waals surface area contributed by atoms with E-state index in [1.807, 2.05) is 0 Å². The lowest BCUT2D eigenvalue weighted by Crippen LogP contribution is -2.24. The fourth-order valence-corrected chi connectivity index (χ4v) is 2.65. The van der Waals surface area contributed by atoms with E-state index in [-0.39, 0.29) is 13.1 Å². The SMILES string of the molecule is NCC#Cc1ccc(S(=O)(=O)NCc2cnc[nH]2)c(F)c1. The van der Waals surface area contributed by atoms with Crippen LogP contribution in [0.3, 0.4) is 0 Å². The summed E-state index contributed by atoms with van der Waals surface area (Å²) in [6, 6.07) is 3.66. The number of hydrogen-bond donors (Lipinski definition) is 3. The van der Waals surface area contributed by atoms with Crippen molar-refractivity contribution in [2.24, 2.45) is 5.73 Å². The van der Waals surface area contributed by atoms with Gasteiger partial charge in [-0.3, -0.25) is 0 Å². The third-order valence-corrected chi connectivity index (χ3v) is 4.00. The Balaban J connectivity index is 2.19. The number of H-pyrrole nitrogens is 1. The first-order valence-corrected chi connectivity index (χ1v) is 7.46. The smallest absolute Gasteiger partial charge is 0.243 e.